The third-order valence-electron chi connectivity index (χ3n) is 5.36. The Morgan fingerprint density at radius 2 is 1.89 bits per heavy atom. The zero-order chi connectivity index (χ0) is 13.9. The topological polar surface area (TPSA) is 12.0 Å². The first-order valence-corrected chi connectivity index (χ1v) is 7.81. The third-order valence-corrected chi connectivity index (χ3v) is 5.36. The first-order chi connectivity index (χ1) is 8.97. The number of nitrogens with one attached hydrogen (secondary N) is 1. The van der Waals surface area contributed by atoms with Crippen molar-refractivity contribution in [3.63, 3.8) is 0 Å². The zero-order valence-corrected chi connectivity index (χ0v) is 13.0. The summed E-state index contributed by atoms with van der Waals surface area (Å²) in [5.74, 6) is 0.760. The molecule has 0 amide bonds. The molecule has 19 heavy (non-hydrogen) atoms. The molecule has 0 saturated carbocycles. The van der Waals surface area contributed by atoms with E-state index < -0.39 is 0 Å². The summed E-state index contributed by atoms with van der Waals surface area (Å²) in [6.07, 6.45) is 6.29. The monoisotopic (exact) mass is 259 g/mol. The van der Waals surface area contributed by atoms with Crippen LogP contribution in [-0.2, 0) is 6.42 Å². The average Bonchev–Trinajstić information content (AvgIpc) is 2.43. The molecule has 106 valence electrons. The third kappa shape index (κ3) is 3.39. The summed E-state index contributed by atoms with van der Waals surface area (Å²) in [5.41, 5.74) is 2.07. The molecular weight excluding hydrogens is 230 g/mol. The second-order valence-corrected chi connectivity index (χ2v) is 6.88. The van der Waals surface area contributed by atoms with Crippen molar-refractivity contribution in [1.82, 2.24) is 5.32 Å². The van der Waals surface area contributed by atoms with Crippen molar-refractivity contribution in [2.24, 2.45) is 5.92 Å². The molecule has 0 aromatic heterocycles. The molecule has 0 aliphatic carbocycles. The summed E-state index contributed by atoms with van der Waals surface area (Å²) < 4.78 is 0. The van der Waals surface area contributed by atoms with Gasteiger partial charge in [-0.05, 0) is 57.4 Å². The lowest BCUT2D eigenvalue weighted by atomic mass is 9.71. The Labute approximate surface area is 118 Å². The maximum absolute atomic E-state index is 3.98. The van der Waals surface area contributed by atoms with E-state index in [1.54, 1.807) is 0 Å². The van der Waals surface area contributed by atoms with Crippen LogP contribution in [-0.4, -0.2) is 11.1 Å². The fourth-order valence-electron chi connectivity index (χ4n) is 3.35. The quantitative estimate of drug-likeness (QED) is 0.835. The molecule has 1 heterocycles. The summed E-state index contributed by atoms with van der Waals surface area (Å²) in [4.78, 5) is 0. The van der Waals surface area contributed by atoms with Crippen LogP contribution in [0.4, 0.5) is 0 Å². The number of aryl methyl sites for hydroxylation is 1. The van der Waals surface area contributed by atoms with E-state index in [1.165, 1.54) is 37.7 Å². The molecule has 0 bridgehead atoms. The van der Waals surface area contributed by atoms with E-state index in [0.29, 0.717) is 5.54 Å². The van der Waals surface area contributed by atoms with Crippen LogP contribution in [0.5, 0.6) is 0 Å². The Hall–Kier alpha value is -0.820. The molecule has 1 nitrogen and oxygen atoms in total. The molecule has 3 atom stereocenters. The number of hydrogen-bond acceptors (Lipinski definition) is 1. The van der Waals surface area contributed by atoms with Gasteiger partial charge in [-0.25, -0.2) is 0 Å². The largest absolute Gasteiger partial charge is 0.306 e. The summed E-state index contributed by atoms with van der Waals surface area (Å²) in [6, 6.07) is 10.9. The molecule has 1 aliphatic heterocycles. The van der Waals surface area contributed by atoms with Crippen LogP contribution < -0.4 is 5.32 Å². The van der Waals surface area contributed by atoms with Gasteiger partial charge >= 0.3 is 0 Å². The van der Waals surface area contributed by atoms with Crippen molar-refractivity contribution in [1.29, 1.82) is 0 Å². The highest BCUT2D eigenvalue weighted by Crippen LogP contribution is 2.37. The normalized spacial score (nSPS) is 35.3. The van der Waals surface area contributed by atoms with E-state index in [2.05, 4.69) is 63.3 Å². The van der Waals surface area contributed by atoms with Gasteiger partial charge in [-0.2, -0.15) is 0 Å². The molecule has 1 heteroatoms. The Morgan fingerprint density at radius 3 is 2.53 bits per heavy atom. The minimum absolute atomic E-state index is 0.277. The standard InChI is InChI=1S/C18H29N/c1-5-17(3)13-11-15(2)18(4,19-17)14-12-16-9-7-6-8-10-16/h6-10,15,19H,5,11-14H2,1-4H3. The second-order valence-electron chi connectivity index (χ2n) is 6.88. The maximum Gasteiger partial charge on any atom is 0.0187 e. The van der Waals surface area contributed by atoms with Gasteiger partial charge in [0.05, 0.1) is 0 Å². The van der Waals surface area contributed by atoms with E-state index in [9.17, 15) is 0 Å². The van der Waals surface area contributed by atoms with Crippen molar-refractivity contribution in [3.8, 4) is 0 Å². The van der Waals surface area contributed by atoms with Gasteiger partial charge in [0.2, 0.25) is 0 Å². The number of piperidine rings is 1. The van der Waals surface area contributed by atoms with Gasteiger partial charge in [0.1, 0.15) is 0 Å². The SMILES string of the molecule is CCC1(C)CCC(C)C(C)(CCc2ccccc2)N1. The lowest BCUT2D eigenvalue weighted by Crippen LogP contribution is -2.61. The van der Waals surface area contributed by atoms with Gasteiger partial charge in [0.15, 0.2) is 0 Å². The van der Waals surface area contributed by atoms with Gasteiger partial charge in [-0.15, -0.1) is 0 Å². The molecular formula is C18H29N. The van der Waals surface area contributed by atoms with Gasteiger partial charge in [-0.3, -0.25) is 0 Å². The molecule has 1 fully saturated rings. The first kappa shape index (κ1) is 14.6. The van der Waals surface area contributed by atoms with Crippen LogP contribution >= 0.6 is 0 Å². The fourth-order valence-corrected chi connectivity index (χ4v) is 3.35. The Kier molecular flexibility index (Phi) is 4.35. The van der Waals surface area contributed by atoms with Crippen molar-refractivity contribution in [2.45, 2.75) is 70.9 Å². The lowest BCUT2D eigenvalue weighted by Gasteiger charge is -2.50. The molecule has 2 rings (SSSR count). The number of rotatable bonds is 4. The summed E-state index contributed by atoms with van der Waals surface area (Å²) in [5, 5.41) is 3.98. The van der Waals surface area contributed by atoms with Gasteiger partial charge in [0.25, 0.3) is 0 Å². The molecule has 1 aromatic carbocycles. The van der Waals surface area contributed by atoms with E-state index in [1.807, 2.05) is 0 Å². The second kappa shape index (κ2) is 5.66. The predicted octanol–water partition coefficient (Wildman–Crippen LogP) is 4.57. The fraction of sp³-hybridized carbons (Fsp3) is 0.667. The van der Waals surface area contributed by atoms with Crippen LogP contribution in [0.3, 0.4) is 0 Å². The smallest absolute Gasteiger partial charge is 0.0187 e. The van der Waals surface area contributed by atoms with Crippen LogP contribution in [0, 0.1) is 5.92 Å². The van der Waals surface area contributed by atoms with Crippen molar-refractivity contribution >= 4 is 0 Å². The number of benzene rings is 1. The summed E-state index contributed by atoms with van der Waals surface area (Å²) in [6.45, 7) is 9.53. The van der Waals surface area contributed by atoms with Crippen LogP contribution in [0.2, 0.25) is 0 Å². The van der Waals surface area contributed by atoms with Crippen molar-refractivity contribution in [2.75, 3.05) is 0 Å². The molecule has 1 saturated heterocycles. The van der Waals surface area contributed by atoms with Gasteiger partial charge in [-0.1, -0.05) is 44.2 Å². The van der Waals surface area contributed by atoms with Crippen LogP contribution in [0.1, 0.15) is 58.9 Å². The Balaban J connectivity index is 2.03. The molecule has 3 unspecified atom stereocenters. The van der Waals surface area contributed by atoms with Crippen LogP contribution in [0.15, 0.2) is 30.3 Å². The Morgan fingerprint density at radius 1 is 1.21 bits per heavy atom. The Bertz CT molecular complexity index is 399. The van der Waals surface area contributed by atoms with E-state index in [4.69, 9.17) is 0 Å². The van der Waals surface area contributed by atoms with Gasteiger partial charge in [0, 0.05) is 11.1 Å². The highest BCUT2D eigenvalue weighted by Gasteiger charge is 2.41. The highest BCUT2D eigenvalue weighted by molar-refractivity contribution is 5.16. The van der Waals surface area contributed by atoms with Gasteiger partial charge < -0.3 is 5.32 Å². The molecule has 0 spiro atoms. The molecule has 0 radical (unpaired) electrons. The molecule has 1 aromatic rings. The van der Waals surface area contributed by atoms with Crippen molar-refractivity contribution < 1.29 is 0 Å². The summed E-state index contributed by atoms with van der Waals surface area (Å²) in [7, 11) is 0. The maximum atomic E-state index is 3.98. The first-order valence-electron chi connectivity index (χ1n) is 7.81. The highest BCUT2D eigenvalue weighted by atomic mass is 15.1. The minimum atomic E-state index is 0.277. The van der Waals surface area contributed by atoms with E-state index >= 15 is 0 Å². The minimum Gasteiger partial charge on any atom is -0.306 e. The molecule has 1 N–H and O–H groups in total. The summed E-state index contributed by atoms with van der Waals surface area (Å²) >= 11 is 0. The predicted molar refractivity (Wildman–Crippen MR) is 83.4 cm³/mol. The lowest BCUT2D eigenvalue weighted by molar-refractivity contribution is 0.0878. The number of hydrogen-bond donors (Lipinski definition) is 1. The van der Waals surface area contributed by atoms with Crippen molar-refractivity contribution in [3.05, 3.63) is 35.9 Å². The molecule has 1 aliphatic rings. The van der Waals surface area contributed by atoms with Crippen LogP contribution in [0.25, 0.3) is 0 Å². The van der Waals surface area contributed by atoms with E-state index in [0.717, 1.165) is 5.92 Å². The average molecular weight is 259 g/mol. The zero-order valence-electron chi connectivity index (χ0n) is 13.0. The van der Waals surface area contributed by atoms with E-state index in [-0.39, 0.29) is 5.54 Å².